The van der Waals surface area contributed by atoms with Gasteiger partial charge in [0.05, 0.1) is 6.26 Å². The predicted molar refractivity (Wildman–Crippen MR) is 30.4 cm³/mol. The minimum absolute atomic E-state index is 0.0394. The molecule has 9 heavy (non-hydrogen) atoms. The van der Waals surface area contributed by atoms with Gasteiger partial charge in [0.25, 0.3) is 0 Å². The largest absolute Gasteiger partial charge is 0.470 e. The molecule has 0 aromatic carbocycles. The van der Waals surface area contributed by atoms with Crippen LogP contribution in [-0.2, 0) is 0 Å². The van der Waals surface area contributed by atoms with Gasteiger partial charge < -0.3 is 4.42 Å². The standard InChI is InChI=1S/C5H5NO3/c7-5-1-2-9-3-4(5)6-8/h1-3,6,8H. The quantitative estimate of drug-likeness (QED) is 0.537. The van der Waals surface area contributed by atoms with Gasteiger partial charge in [-0.1, -0.05) is 0 Å². The molecule has 0 fully saturated rings. The number of rotatable bonds is 1. The smallest absolute Gasteiger partial charge is 0.210 e. The molecule has 0 amide bonds. The highest BCUT2D eigenvalue weighted by molar-refractivity contribution is 5.35. The van der Waals surface area contributed by atoms with Crippen molar-refractivity contribution in [1.82, 2.24) is 0 Å². The van der Waals surface area contributed by atoms with E-state index in [0.29, 0.717) is 0 Å². The molecule has 0 aliphatic rings. The van der Waals surface area contributed by atoms with Gasteiger partial charge in [0.2, 0.25) is 5.43 Å². The second kappa shape index (κ2) is 2.32. The zero-order valence-corrected chi connectivity index (χ0v) is 4.50. The van der Waals surface area contributed by atoms with Crippen molar-refractivity contribution in [2.75, 3.05) is 5.48 Å². The molecule has 1 rings (SSSR count). The van der Waals surface area contributed by atoms with Crippen LogP contribution in [0.3, 0.4) is 0 Å². The third-order valence-electron chi connectivity index (χ3n) is 0.870. The molecule has 0 bridgehead atoms. The van der Waals surface area contributed by atoms with E-state index in [-0.39, 0.29) is 11.1 Å². The molecule has 4 heteroatoms. The van der Waals surface area contributed by atoms with Gasteiger partial charge in [-0.2, -0.15) is 0 Å². The van der Waals surface area contributed by atoms with Crippen LogP contribution in [0.5, 0.6) is 0 Å². The highest BCUT2D eigenvalue weighted by atomic mass is 16.5. The summed E-state index contributed by atoms with van der Waals surface area (Å²) < 4.78 is 4.56. The van der Waals surface area contributed by atoms with Gasteiger partial charge in [0.1, 0.15) is 12.0 Å². The minimum Gasteiger partial charge on any atom is -0.470 e. The molecule has 0 saturated carbocycles. The Balaban J connectivity index is 3.16. The minimum atomic E-state index is -0.302. The molecule has 0 aliphatic heterocycles. The average molecular weight is 127 g/mol. The molecular formula is C5H5NO3. The van der Waals surface area contributed by atoms with Gasteiger partial charge >= 0.3 is 0 Å². The predicted octanol–water partition coefficient (Wildman–Crippen LogP) is 0.441. The van der Waals surface area contributed by atoms with Crippen molar-refractivity contribution < 1.29 is 9.62 Å². The molecule has 0 aliphatic carbocycles. The van der Waals surface area contributed by atoms with Crippen molar-refractivity contribution in [3.63, 3.8) is 0 Å². The Morgan fingerprint density at radius 1 is 1.67 bits per heavy atom. The van der Waals surface area contributed by atoms with Gasteiger partial charge in [-0.25, -0.2) is 0 Å². The Bertz CT molecular complexity index is 242. The molecule has 0 atom stereocenters. The lowest BCUT2D eigenvalue weighted by Gasteiger charge is -1.91. The van der Waals surface area contributed by atoms with Crippen molar-refractivity contribution in [2.45, 2.75) is 0 Å². The normalized spacial score (nSPS) is 9.00. The lowest BCUT2D eigenvalue weighted by atomic mass is 10.4. The third-order valence-corrected chi connectivity index (χ3v) is 0.870. The van der Waals surface area contributed by atoms with E-state index in [2.05, 4.69) is 4.42 Å². The SMILES string of the molecule is O=c1ccocc1NO. The van der Waals surface area contributed by atoms with Crippen LogP contribution in [0.4, 0.5) is 5.69 Å². The molecule has 4 nitrogen and oxygen atoms in total. The van der Waals surface area contributed by atoms with Crippen molar-refractivity contribution in [3.05, 3.63) is 28.8 Å². The molecule has 1 aromatic heterocycles. The highest BCUT2D eigenvalue weighted by Gasteiger charge is 1.92. The number of hydrogen-bond acceptors (Lipinski definition) is 4. The van der Waals surface area contributed by atoms with Crippen LogP contribution in [0.2, 0.25) is 0 Å². The Morgan fingerprint density at radius 3 is 2.89 bits per heavy atom. The van der Waals surface area contributed by atoms with E-state index >= 15 is 0 Å². The summed E-state index contributed by atoms with van der Waals surface area (Å²) in [7, 11) is 0. The maximum Gasteiger partial charge on any atom is 0.210 e. The average Bonchev–Trinajstić information content (AvgIpc) is 1.89. The molecule has 1 heterocycles. The van der Waals surface area contributed by atoms with Gasteiger partial charge in [0, 0.05) is 6.07 Å². The van der Waals surface area contributed by atoms with Gasteiger partial charge in [0.15, 0.2) is 0 Å². The monoisotopic (exact) mass is 127 g/mol. The molecule has 1 aromatic rings. The zero-order valence-electron chi connectivity index (χ0n) is 4.50. The van der Waals surface area contributed by atoms with Gasteiger partial charge in [-0.3, -0.25) is 15.5 Å². The van der Waals surface area contributed by atoms with Crippen LogP contribution in [0.15, 0.2) is 27.8 Å². The lowest BCUT2D eigenvalue weighted by molar-refractivity contribution is 0.384. The summed E-state index contributed by atoms with van der Waals surface area (Å²) >= 11 is 0. The number of anilines is 1. The molecule has 0 radical (unpaired) electrons. The van der Waals surface area contributed by atoms with Gasteiger partial charge in [-0.15, -0.1) is 0 Å². The van der Waals surface area contributed by atoms with Crippen molar-refractivity contribution in [1.29, 1.82) is 0 Å². The van der Waals surface area contributed by atoms with E-state index in [1.807, 2.05) is 0 Å². The first-order valence-corrected chi connectivity index (χ1v) is 2.31. The van der Waals surface area contributed by atoms with Crippen molar-refractivity contribution >= 4 is 5.69 Å². The first-order valence-electron chi connectivity index (χ1n) is 2.31. The number of hydrogen-bond donors (Lipinski definition) is 2. The second-order valence-electron chi connectivity index (χ2n) is 1.45. The van der Waals surface area contributed by atoms with Crippen LogP contribution < -0.4 is 10.9 Å². The van der Waals surface area contributed by atoms with E-state index in [9.17, 15) is 4.79 Å². The Morgan fingerprint density at radius 2 is 2.44 bits per heavy atom. The summed E-state index contributed by atoms with van der Waals surface area (Å²) in [4.78, 5) is 10.6. The van der Waals surface area contributed by atoms with Crippen LogP contribution in [0.1, 0.15) is 0 Å². The summed E-state index contributed by atoms with van der Waals surface area (Å²) in [6.45, 7) is 0. The topological polar surface area (TPSA) is 62.5 Å². The van der Waals surface area contributed by atoms with Crippen LogP contribution in [0.25, 0.3) is 0 Å². The molecule has 2 N–H and O–H groups in total. The lowest BCUT2D eigenvalue weighted by Crippen LogP contribution is -2.05. The van der Waals surface area contributed by atoms with E-state index in [4.69, 9.17) is 5.21 Å². The van der Waals surface area contributed by atoms with Gasteiger partial charge in [-0.05, 0) is 0 Å². The summed E-state index contributed by atoms with van der Waals surface area (Å²) in [6, 6.07) is 1.21. The van der Waals surface area contributed by atoms with E-state index in [1.54, 1.807) is 5.48 Å². The Kier molecular flexibility index (Phi) is 1.51. The van der Waals surface area contributed by atoms with Crippen LogP contribution in [-0.4, -0.2) is 5.21 Å². The van der Waals surface area contributed by atoms with E-state index < -0.39 is 0 Å². The zero-order chi connectivity index (χ0) is 6.69. The maximum atomic E-state index is 10.6. The molecule has 0 saturated heterocycles. The van der Waals surface area contributed by atoms with Crippen LogP contribution >= 0.6 is 0 Å². The number of nitrogens with one attached hydrogen (secondary N) is 1. The highest BCUT2D eigenvalue weighted by Crippen LogP contribution is 1.93. The fourth-order valence-electron chi connectivity index (χ4n) is 0.438. The first-order chi connectivity index (χ1) is 4.34. The molecular weight excluding hydrogens is 122 g/mol. The molecule has 48 valence electrons. The molecule has 0 unspecified atom stereocenters. The summed E-state index contributed by atoms with van der Waals surface area (Å²) in [5.74, 6) is 0. The second-order valence-corrected chi connectivity index (χ2v) is 1.45. The first kappa shape index (κ1) is 5.84. The third kappa shape index (κ3) is 1.09. The summed E-state index contributed by atoms with van der Waals surface area (Å²) in [5.41, 5.74) is 1.43. The Hall–Kier alpha value is -1.29. The molecule has 0 spiro atoms. The van der Waals surface area contributed by atoms with E-state index in [0.717, 1.165) is 6.26 Å². The maximum absolute atomic E-state index is 10.6. The van der Waals surface area contributed by atoms with E-state index in [1.165, 1.54) is 12.3 Å². The van der Waals surface area contributed by atoms with Crippen molar-refractivity contribution in [2.24, 2.45) is 0 Å². The fraction of sp³-hybridized carbons (Fsp3) is 0. The summed E-state index contributed by atoms with van der Waals surface area (Å²) in [6.07, 6.45) is 2.37. The van der Waals surface area contributed by atoms with Crippen LogP contribution in [0, 0.1) is 0 Å². The summed E-state index contributed by atoms with van der Waals surface area (Å²) in [5, 5.41) is 8.21. The fourth-order valence-corrected chi connectivity index (χ4v) is 0.438. The van der Waals surface area contributed by atoms with Crippen molar-refractivity contribution in [3.8, 4) is 0 Å². The Labute approximate surface area is 50.7 Å².